The molecule has 0 fully saturated rings. The Morgan fingerprint density at radius 3 is 2.38 bits per heavy atom. The molecule has 1 aromatic carbocycles. The van der Waals surface area contributed by atoms with Gasteiger partial charge < -0.3 is 0 Å². The molecule has 0 unspecified atom stereocenters. The van der Waals surface area contributed by atoms with Gasteiger partial charge in [0.2, 0.25) is 0 Å². The normalized spacial score (nSPS) is 9.08. The van der Waals surface area contributed by atoms with E-state index < -0.39 is 0 Å². The molecule has 0 aliphatic heterocycles. The summed E-state index contributed by atoms with van der Waals surface area (Å²) in [6.07, 6.45) is 4.63. The molecule has 0 aliphatic carbocycles. The van der Waals surface area contributed by atoms with Crippen LogP contribution in [0, 0.1) is 22.8 Å². The zero-order valence-electron chi connectivity index (χ0n) is 6.88. The summed E-state index contributed by atoms with van der Waals surface area (Å²) in [6.45, 7) is 0. The Bertz CT molecular complexity index is 367. The monoisotopic (exact) mass is 169 g/mol. The highest BCUT2D eigenvalue weighted by atomic mass is 15.1. The molecule has 3 heteroatoms. The van der Waals surface area contributed by atoms with Crippen molar-refractivity contribution >= 4 is 5.69 Å². The number of allylic oxidation sites excluding steroid dienone is 1. The average molecular weight is 169 g/mol. The van der Waals surface area contributed by atoms with Crippen molar-refractivity contribution in [2.75, 3.05) is 4.90 Å². The zero-order chi connectivity index (χ0) is 9.52. The third-order valence-corrected chi connectivity index (χ3v) is 1.44. The van der Waals surface area contributed by atoms with Gasteiger partial charge in [-0.3, -0.25) is 4.90 Å². The molecule has 0 atom stereocenters. The first-order chi connectivity index (χ1) is 6.38. The minimum absolute atomic E-state index is 0.747. The number of hydrogen-bond donors (Lipinski definition) is 0. The van der Waals surface area contributed by atoms with E-state index >= 15 is 0 Å². The molecule has 0 saturated carbocycles. The lowest BCUT2D eigenvalue weighted by atomic mass is 10.3. The van der Waals surface area contributed by atoms with Gasteiger partial charge in [-0.2, -0.15) is 10.5 Å². The molecule has 0 spiro atoms. The van der Waals surface area contributed by atoms with E-state index in [0.717, 1.165) is 5.69 Å². The van der Waals surface area contributed by atoms with E-state index in [4.69, 9.17) is 10.5 Å². The Morgan fingerprint density at radius 2 is 1.85 bits per heavy atom. The Morgan fingerprint density at radius 1 is 1.15 bits per heavy atom. The van der Waals surface area contributed by atoms with Crippen molar-refractivity contribution in [3.8, 4) is 12.3 Å². The fourth-order valence-corrected chi connectivity index (χ4v) is 0.874. The molecular weight excluding hydrogens is 162 g/mol. The first-order valence-electron chi connectivity index (χ1n) is 3.69. The molecule has 3 nitrogen and oxygen atoms in total. The number of nitrogens with zero attached hydrogens (tertiary/aromatic N) is 3. The third-order valence-electron chi connectivity index (χ3n) is 1.44. The van der Waals surface area contributed by atoms with Crippen molar-refractivity contribution in [1.82, 2.24) is 0 Å². The molecule has 1 aromatic rings. The summed E-state index contributed by atoms with van der Waals surface area (Å²) >= 11 is 0. The first kappa shape index (κ1) is 8.83. The number of hydrogen-bond acceptors (Lipinski definition) is 3. The summed E-state index contributed by atoms with van der Waals surface area (Å²) in [5.74, 6) is 0. The fourth-order valence-electron chi connectivity index (χ4n) is 0.874. The van der Waals surface area contributed by atoms with Crippen LogP contribution in [0.3, 0.4) is 0 Å². The molecule has 0 heterocycles. The van der Waals surface area contributed by atoms with Crippen LogP contribution in [0.5, 0.6) is 0 Å². The molecule has 0 radical (unpaired) electrons. The van der Waals surface area contributed by atoms with Crippen LogP contribution < -0.4 is 4.90 Å². The molecule has 0 bridgehead atoms. The van der Waals surface area contributed by atoms with Gasteiger partial charge in [-0.25, -0.2) is 0 Å². The summed E-state index contributed by atoms with van der Waals surface area (Å²) in [6, 6.07) is 11.0. The molecular formula is C10H7N3. The second-order valence-corrected chi connectivity index (χ2v) is 2.25. The fraction of sp³-hybridized carbons (Fsp3) is 0. The molecule has 0 saturated heterocycles. The second kappa shape index (κ2) is 4.58. The van der Waals surface area contributed by atoms with Crippen LogP contribution in [-0.4, -0.2) is 0 Å². The Kier molecular flexibility index (Phi) is 3.11. The third kappa shape index (κ3) is 2.36. The topological polar surface area (TPSA) is 50.8 Å². The van der Waals surface area contributed by atoms with Crippen LogP contribution >= 0.6 is 0 Å². The van der Waals surface area contributed by atoms with Gasteiger partial charge in [0.25, 0.3) is 0 Å². The van der Waals surface area contributed by atoms with Crippen LogP contribution in [-0.2, 0) is 0 Å². The van der Waals surface area contributed by atoms with E-state index in [1.54, 1.807) is 12.1 Å². The van der Waals surface area contributed by atoms with Crippen molar-refractivity contribution in [1.29, 1.82) is 10.5 Å². The predicted molar refractivity (Wildman–Crippen MR) is 49.3 cm³/mol. The largest absolute Gasteiger partial charge is 0.254 e. The van der Waals surface area contributed by atoms with Crippen LogP contribution in [0.15, 0.2) is 42.6 Å². The molecule has 62 valence electrons. The standard InChI is InChI=1S/C10H7N3/c11-7-4-8-13(9-12)10-5-2-1-3-6-10/h1-6,8H. The number of benzene rings is 1. The van der Waals surface area contributed by atoms with Crippen molar-refractivity contribution in [2.24, 2.45) is 0 Å². The van der Waals surface area contributed by atoms with Crippen molar-refractivity contribution < 1.29 is 0 Å². The summed E-state index contributed by atoms with van der Waals surface area (Å²) in [5.41, 5.74) is 0.747. The summed E-state index contributed by atoms with van der Waals surface area (Å²) in [4.78, 5) is 1.32. The first-order valence-corrected chi connectivity index (χ1v) is 3.69. The highest BCUT2D eigenvalue weighted by Crippen LogP contribution is 2.11. The summed E-state index contributed by atoms with van der Waals surface area (Å²) < 4.78 is 0. The molecule has 0 aliphatic rings. The second-order valence-electron chi connectivity index (χ2n) is 2.25. The Hall–Kier alpha value is -2.26. The SMILES string of the molecule is N#CC=CN(C#N)c1ccccc1. The van der Waals surface area contributed by atoms with Gasteiger partial charge >= 0.3 is 0 Å². The molecule has 1 rings (SSSR count). The van der Waals surface area contributed by atoms with Gasteiger partial charge in [0.05, 0.1) is 11.8 Å². The number of nitriles is 2. The van der Waals surface area contributed by atoms with Crippen LogP contribution in [0.25, 0.3) is 0 Å². The van der Waals surface area contributed by atoms with E-state index in [2.05, 4.69) is 0 Å². The number of anilines is 1. The minimum Gasteiger partial charge on any atom is -0.254 e. The lowest BCUT2D eigenvalue weighted by Crippen LogP contribution is -2.06. The Labute approximate surface area is 76.7 Å². The van der Waals surface area contributed by atoms with E-state index in [0.29, 0.717) is 0 Å². The number of para-hydroxylation sites is 1. The van der Waals surface area contributed by atoms with Gasteiger partial charge in [0, 0.05) is 12.3 Å². The summed E-state index contributed by atoms with van der Waals surface area (Å²) in [7, 11) is 0. The van der Waals surface area contributed by atoms with E-state index in [-0.39, 0.29) is 0 Å². The van der Waals surface area contributed by atoms with Crippen LogP contribution in [0.4, 0.5) is 5.69 Å². The maximum absolute atomic E-state index is 8.72. The minimum atomic E-state index is 0.747. The van der Waals surface area contributed by atoms with Gasteiger partial charge in [-0.15, -0.1) is 0 Å². The van der Waals surface area contributed by atoms with Gasteiger partial charge in [-0.05, 0) is 12.1 Å². The lowest BCUT2D eigenvalue weighted by molar-refractivity contribution is 1.27. The zero-order valence-corrected chi connectivity index (χ0v) is 6.88. The molecule has 0 amide bonds. The maximum atomic E-state index is 8.72. The van der Waals surface area contributed by atoms with Gasteiger partial charge in [-0.1, -0.05) is 18.2 Å². The maximum Gasteiger partial charge on any atom is 0.188 e. The lowest BCUT2D eigenvalue weighted by Gasteiger charge is -2.08. The predicted octanol–water partition coefficient (Wildman–Crippen LogP) is 2.01. The van der Waals surface area contributed by atoms with Crippen LogP contribution in [0.2, 0.25) is 0 Å². The van der Waals surface area contributed by atoms with Crippen LogP contribution in [0.1, 0.15) is 0 Å². The molecule has 0 N–H and O–H groups in total. The average Bonchev–Trinajstić information content (AvgIpc) is 2.21. The van der Waals surface area contributed by atoms with Crippen molar-refractivity contribution in [3.05, 3.63) is 42.6 Å². The highest BCUT2D eigenvalue weighted by molar-refractivity contribution is 5.53. The van der Waals surface area contributed by atoms with Gasteiger partial charge in [0.1, 0.15) is 0 Å². The number of rotatable bonds is 2. The van der Waals surface area contributed by atoms with E-state index in [1.807, 2.05) is 30.5 Å². The molecule has 0 aromatic heterocycles. The van der Waals surface area contributed by atoms with E-state index in [1.165, 1.54) is 17.2 Å². The quantitative estimate of drug-likeness (QED) is 0.386. The van der Waals surface area contributed by atoms with E-state index in [9.17, 15) is 0 Å². The Balaban J connectivity index is 2.88. The smallest absolute Gasteiger partial charge is 0.188 e. The highest BCUT2D eigenvalue weighted by Gasteiger charge is 1.97. The summed E-state index contributed by atoms with van der Waals surface area (Å²) in [5, 5.41) is 17.0. The van der Waals surface area contributed by atoms with Gasteiger partial charge in [0.15, 0.2) is 6.19 Å². The van der Waals surface area contributed by atoms with Crippen molar-refractivity contribution in [3.63, 3.8) is 0 Å². The van der Waals surface area contributed by atoms with Crippen molar-refractivity contribution in [2.45, 2.75) is 0 Å². The molecule has 13 heavy (non-hydrogen) atoms.